The lowest BCUT2D eigenvalue weighted by atomic mass is 10.2. The van der Waals surface area contributed by atoms with Gasteiger partial charge in [0.25, 0.3) is 0 Å². The number of aromatic nitrogens is 2. The fourth-order valence-corrected chi connectivity index (χ4v) is 1.78. The molecule has 1 aromatic heterocycles. The Kier molecular flexibility index (Phi) is 6.91. The van der Waals surface area contributed by atoms with Crippen LogP contribution in [0, 0.1) is 6.92 Å². The molecule has 0 saturated heterocycles. The third kappa shape index (κ3) is 4.88. The number of carbonyl (C=O) groups is 1. The van der Waals surface area contributed by atoms with Crippen molar-refractivity contribution in [2.45, 2.75) is 40.5 Å². The summed E-state index contributed by atoms with van der Waals surface area (Å²) in [7, 11) is 1.79. The van der Waals surface area contributed by atoms with E-state index in [2.05, 4.69) is 27.5 Å². The zero-order chi connectivity index (χ0) is 15.8. The number of hydrogen-bond donors (Lipinski definition) is 2. The van der Waals surface area contributed by atoms with Gasteiger partial charge >= 0.3 is 0 Å². The molecule has 0 aliphatic heterocycles. The Balaban J connectivity index is 2.87. The molecule has 0 aliphatic rings. The van der Waals surface area contributed by atoms with Crippen molar-refractivity contribution in [1.29, 1.82) is 0 Å². The zero-order valence-corrected chi connectivity index (χ0v) is 13.8. The van der Waals surface area contributed by atoms with Crippen LogP contribution in [0.5, 0.6) is 0 Å². The van der Waals surface area contributed by atoms with Crippen LogP contribution in [0.1, 0.15) is 38.6 Å². The predicted molar refractivity (Wildman–Crippen MR) is 86.7 cm³/mol. The highest BCUT2D eigenvalue weighted by Crippen LogP contribution is 2.20. The maximum absolute atomic E-state index is 11.9. The van der Waals surface area contributed by atoms with Crippen LogP contribution < -0.4 is 10.6 Å². The van der Waals surface area contributed by atoms with Crippen LogP contribution >= 0.6 is 0 Å². The minimum absolute atomic E-state index is 0.0524. The van der Waals surface area contributed by atoms with E-state index in [4.69, 9.17) is 0 Å². The van der Waals surface area contributed by atoms with Gasteiger partial charge in [-0.05, 0) is 20.3 Å². The van der Waals surface area contributed by atoms with Crippen LogP contribution in [0.15, 0.2) is 0 Å². The summed E-state index contributed by atoms with van der Waals surface area (Å²) in [5, 5.41) is 6.45. The molecule has 0 aromatic carbocycles. The maximum Gasteiger partial charge on any atom is 0.241 e. The van der Waals surface area contributed by atoms with Crippen molar-refractivity contribution in [3.05, 3.63) is 11.4 Å². The van der Waals surface area contributed by atoms with E-state index < -0.39 is 0 Å². The molecule has 1 amide bonds. The molecule has 2 N–H and O–H groups in total. The Hall–Kier alpha value is -1.85. The highest BCUT2D eigenvalue weighted by atomic mass is 16.2. The first kappa shape index (κ1) is 17.2. The van der Waals surface area contributed by atoms with Crippen molar-refractivity contribution in [3.8, 4) is 0 Å². The van der Waals surface area contributed by atoms with Gasteiger partial charge in [0.15, 0.2) is 0 Å². The third-order valence-electron chi connectivity index (χ3n) is 3.36. The molecule has 0 atom stereocenters. The molecule has 1 heterocycles. The molecule has 0 radical (unpaired) electrons. The fourth-order valence-electron chi connectivity index (χ4n) is 1.78. The average Bonchev–Trinajstić information content (AvgIpc) is 2.51. The van der Waals surface area contributed by atoms with E-state index in [-0.39, 0.29) is 12.5 Å². The van der Waals surface area contributed by atoms with Gasteiger partial charge in [-0.1, -0.05) is 13.8 Å². The van der Waals surface area contributed by atoms with Crippen LogP contribution in [0.3, 0.4) is 0 Å². The first-order valence-corrected chi connectivity index (χ1v) is 7.62. The van der Waals surface area contributed by atoms with Gasteiger partial charge < -0.3 is 15.5 Å². The molecule has 1 aromatic rings. The van der Waals surface area contributed by atoms with Crippen molar-refractivity contribution >= 4 is 17.5 Å². The van der Waals surface area contributed by atoms with Gasteiger partial charge in [0, 0.05) is 32.1 Å². The number of carbonyl (C=O) groups excluding carboxylic acids is 1. The predicted octanol–water partition coefficient (Wildman–Crippen LogP) is 2.06. The minimum atomic E-state index is 0.0524. The van der Waals surface area contributed by atoms with Crippen molar-refractivity contribution in [2.24, 2.45) is 0 Å². The smallest absolute Gasteiger partial charge is 0.241 e. The van der Waals surface area contributed by atoms with Gasteiger partial charge in [0.1, 0.15) is 17.5 Å². The molecule has 0 unspecified atom stereocenters. The van der Waals surface area contributed by atoms with Gasteiger partial charge in [-0.15, -0.1) is 0 Å². The van der Waals surface area contributed by atoms with Crippen LogP contribution in [0.2, 0.25) is 0 Å². The summed E-state index contributed by atoms with van der Waals surface area (Å²) in [5.41, 5.74) is 0.951. The maximum atomic E-state index is 11.9. The Morgan fingerprint density at radius 1 is 1.14 bits per heavy atom. The van der Waals surface area contributed by atoms with Crippen LogP contribution in [0.4, 0.5) is 11.6 Å². The van der Waals surface area contributed by atoms with Crippen LogP contribution in [-0.2, 0) is 11.2 Å². The number of aryl methyl sites for hydroxylation is 1. The second-order valence-electron chi connectivity index (χ2n) is 5.00. The van der Waals surface area contributed by atoms with E-state index in [0.717, 1.165) is 42.4 Å². The molecule has 0 bridgehead atoms. The van der Waals surface area contributed by atoms with Gasteiger partial charge in [0.05, 0.1) is 6.54 Å². The lowest BCUT2D eigenvalue weighted by molar-refractivity contribution is -0.127. The van der Waals surface area contributed by atoms with Crippen LogP contribution in [0.25, 0.3) is 0 Å². The average molecular weight is 293 g/mol. The molecule has 118 valence electrons. The minimum Gasteiger partial charge on any atom is -0.370 e. The summed E-state index contributed by atoms with van der Waals surface area (Å²) >= 11 is 0. The van der Waals surface area contributed by atoms with E-state index in [1.165, 1.54) is 0 Å². The number of anilines is 2. The first-order chi connectivity index (χ1) is 10.0. The number of amides is 1. The molecule has 0 saturated carbocycles. The van der Waals surface area contributed by atoms with E-state index in [1.54, 1.807) is 11.9 Å². The summed E-state index contributed by atoms with van der Waals surface area (Å²) in [6.45, 7) is 9.88. The largest absolute Gasteiger partial charge is 0.370 e. The quantitative estimate of drug-likeness (QED) is 0.768. The molecular weight excluding hydrogens is 266 g/mol. The van der Waals surface area contributed by atoms with E-state index >= 15 is 0 Å². The third-order valence-corrected chi connectivity index (χ3v) is 3.36. The summed E-state index contributed by atoms with van der Waals surface area (Å²) in [4.78, 5) is 22.5. The Morgan fingerprint density at radius 3 is 2.29 bits per heavy atom. The summed E-state index contributed by atoms with van der Waals surface area (Å²) in [6, 6.07) is 0. The van der Waals surface area contributed by atoms with Crippen molar-refractivity contribution in [1.82, 2.24) is 14.9 Å². The van der Waals surface area contributed by atoms with Crippen molar-refractivity contribution in [2.75, 3.05) is 37.3 Å². The number of hydrogen-bond acceptors (Lipinski definition) is 5. The highest BCUT2D eigenvalue weighted by Gasteiger charge is 2.12. The fraction of sp³-hybridized carbons (Fsp3) is 0.667. The molecular formula is C15H27N5O. The lowest BCUT2D eigenvalue weighted by Crippen LogP contribution is -2.32. The molecule has 1 rings (SSSR count). The van der Waals surface area contributed by atoms with Crippen molar-refractivity contribution in [3.63, 3.8) is 0 Å². The Morgan fingerprint density at radius 2 is 1.76 bits per heavy atom. The SMILES string of the molecule is CCCNc1nc(CC)nc(NCC(=O)N(C)CC)c1C. The Bertz CT molecular complexity index is 475. The number of nitrogens with one attached hydrogen (secondary N) is 2. The monoisotopic (exact) mass is 293 g/mol. The summed E-state index contributed by atoms with van der Waals surface area (Å²) in [5.74, 6) is 2.41. The van der Waals surface area contributed by atoms with E-state index in [1.807, 2.05) is 20.8 Å². The molecule has 6 heteroatoms. The number of likely N-dealkylation sites (N-methyl/N-ethyl adjacent to an activating group) is 1. The molecule has 6 nitrogen and oxygen atoms in total. The topological polar surface area (TPSA) is 70.1 Å². The normalized spacial score (nSPS) is 10.3. The molecule has 21 heavy (non-hydrogen) atoms. The number of rotatable bonds is 8. The second kappa shape index (κ2) is 8.44. The van der Waals surface area contributed by atoms with E-state index in [0.29, 0.717) is 6.54 Å². The highest BCUT2D eigenvalue weighted by molar-refractivity contribution is 5.80. The van der Waals surface area contributed by atoms with Gasteiger partial charge in [-0.2, -0.15) is 0 Å². The van der Waals surface area contributed by atoms with Crippen molar-refractivity contribution < 1.29 is 4.79 Å². The molecule has 0 spiro atoms. The zero-order valence-electron chi connectivity index (χ0n) is 13.8. The molecule has 0 aliphatic carbocycles. The number of nitrogens with zero attached hydrogens (tertiary/aromatic N) is 3. The van der Waals surface area contributed by atoms with Crippen LogP contribution in [-0.4, -0.2) is 47.5 Å². The standard InChI is InChI=1S/C15H27N5O/c1-6-9-16-14-11(4)15(19-12(7-2)18-14)17-10-13(21)20(5)8-3/h6-10H2,1-5H3,(H2,16,17,18,19). The molecule has 0 fully saturated rings. The van der Waals surface area contributed by atoms with E-state index in [9.17, 15) is 4.79 Å². The second-order valence-corrected chi connectivity index (χ2v) is 5.00. The van der Waals surface area contributed by atoms with Gasteiger partial charge in [-0.25, -0.2) is 9.97 Å². The lowest BCUT2D eigenvalue weighted by Gasteiger charge is -2.17. The first-order valence-electron chi connectivity index (χ1n) is 7.62. The summed E-state index contributed by atoms with van der Waals surface area (Å²) < 4.78 is 0. The van der Waals surface area contributed by atoms with Gasteiger partial charge in [-0.3, -0.25) is 4.79 Å². The van der Waals surface area contributed by atoms with Gasteiger partial charge in [0.2, 0.25) is 5.91 Å². The Labute approximate surface area is 127 Å². The summed E-state index contributed by atoms with van der Waals surface area (Å²) in [6.07, 6.45) is 1.80.